The molecule has 1 aromatic rings. The SMILES string of the molecule is CC(=O)Oc1ccc(CC(N)C(=O)[N+](C)(C)CC(CC(=O)[O-])OC(C)=O)cc1. The van der Waals surface area contributed by atoms with Crippen molar-refractivity contribution in [3.63, 3.8) is 0 Å². The molecule has 0 fully saturated rings. The van der Waals surface area contributed by atoms with Gasteiger partial charge in [0.15, 0.2) is 6.10 Å². The number of carboxylic acid groups (broad SMARTS) is 1. The van der Waals surface area contributed by atoms with Gasteiger partial charge in [-0.3, -0.25) is 14.1 Å². The fraction of sp³-hybridized carbons (Fsp3) is 0.474. The lowest BCUT2D eigenvalue weighted by Gasteiger charge is -2.32. The highest BCUT2D eigenvalue weighted by atomic mass is 16.5. The van der Waals surface area contributed by atoms with Crippen molar-refractivity contribution in [2.75, 3.05) is 20.6 Å². The van der Waals surface area contributed by atoms with Crippen LogP contribution in [-0.4, -0.2) is 61.1 Å². The van der Waals surface area contributed by atoms with E-state index in [2.05, 4.69) is 0 Å². The second-order valence-electron chi connectivity index (χ2n) is 7.06. The Morgan fingerprint density at radius 2 is 1.64 bits per heavy atom. The van der Waals surface area contributed by atoms with Gasteiger partial charge in [0.05, 0.1) is 14.1 Å². The minimum absolute atomic E-state index is 0.0501. The van der Waals surface area contributed by atoms with Crippen molar-refractivity contribution in [1.29, 1.82) is 0 Å². The number of quaternary nitrogens is 1. The molecule has 1 aromatic carbocycles. The van der Waals surface area contributed by atoms with Crippen molar-refractivity contribution < 1.29 is 38.2 Å². The Hall–Kier alpha value is -2.78. The molecule has 28 heavy (non-hydrogen) atoms. The Bertz CT molecular complexity index is 712. The molecule has 0 radical (unpaired) electrons. The number of carbonyl (C=O) groups is 4. The number of benzene rings is 1. The van der Waals surface area contributed by atoms with Crippen molar-refractivity contribution in [3.05, 3.63) is 29.8 Å². The number of nitrogens with two attached hydrogens (primary N) is 1. The molecular weight excluding hydrogens is 368 g/mol. The first-order chi connectivity index (χ1) is 12.9. The zero-order chi connectivity index (χ0) is 21.5. The molecule has 0 aliphatic rings. The van der Waals surface area contributed by atoms with Crippen LogP contribution in [0, 0.1) is 0 Å². The Labute approximate surface area is 163 Å². The monoisotopic (exact) mass is 394 g/mol. The molecule has 2 N–H and O–H groups in total. The van der Waals surface area contributed by atoms with Crippen molar-refractivity contribution in [2.45, 2.75) is 38.8 Å². The molecule has 0 saturated carbocycles. The summed E-state index contributed by atoms with van der Waals surface area (Å²) in [4.78, 5) is 45.7. The number of amides is 1. The van der Waals surface area contributed by atoms with Crippen molar-refractivity contribution >= 4 is 23.8 Å². The van der Waals surface area contributed by atoms with Crippen LogP contribution < -0.4 is 15.6 Å². The third-order valence-electron chi connectivity index (χ3n) is 3.94. The van der Waals surface area contributed by atoms with Crippen LogP contribution in [0.15, 0.2) is 24.3 Å². The molecule has 2 unspecified atom stereocenters. The van der Waals surface area contributed by atoms with Crippen LogP contribution in [0.2, 0.25) is 0 Å². The molecule has 154 valence electrons. The van der Waals surface area contributed by atoms with Crippen molar-refractivity contribution in [1.82, 2.24) is 0 Å². The number of rotatable bonds is 9. The van der Waals surface area contributed by atoms with Crippen LogP contribution in [0.4, 0.5) is 0 Å². The largest absolute Gasteiger partial charge is 0.550 e. The summed E-state index contributed by atoms with van der Waals surface area (Å²) in [6.45, 7) is 2.41. The lowest BCUT2D eigenvalue weighted by Crippen LogP contribution is -2.57. The molecular formula is C19H26N2O7. The molecule has 1 rings (SSSR count). The number of ether oxygens (including phenoxy) is 2. The standard InChI is InChI=1S/C19H26N2O7/c1-12(22)27-15-7-5-14(6-8-15)9-17(20)19(26)21(3,4)11-16(10-18(24)25)28-13(2)23/h5-8,16-17H,9-11,20H2,1-4H3. The highest BCUT2D eigenvalue weighted by Crippen LogP contribution is 2.15. The molecule has 0 aliphatic carbocycles. The van der Waals surface area contributed by atoms with Gasteiger partial charge in [-0.25, -0.2) is 4.79 Å². The number of nitrogens with zero attached hydrogens (tertiary/aromatic N) is 1. The van der Waals surface area contributed by atoms with Crippen LogP contribution >= 0.6 is 0 Å². The van der Waals surface area contributed by atoms with Crippen LogP contribution in [0.5, 0.6) is 5.75 Å². The summed E-state index contributed by atoms with van der Waals surface area (Å²) in [7, 11) is 3.13. The summed E-state index contributed by atoms with van der Waals surface area (Å²) in [5.74, 6) is -2.41. The van der Waals surface area contributed by atoms with E-state index in [-0.39, 0.29) is 23.4 Å². The van der Waals surface area contributed by atoms with Gasteiger partial charge in [-0.05, 0) is 17.7 Å². The summed E-state index contributed by atoms with van der Waals surface area (Å²) in [6, 6.07) is 5.73. The highest BCUT2D eigenvalue weighted by Gasteiger charge is 2.35. The van der Waals surface area contributed by atoms with E-state index in [1.54, 1.807) is 38.4 Å². The molecule has 1 amide bonds. The third-order valence-corrected chi connectivity index (χ3v) is 3.94. The minimum Gasteiger partial charge on any atom is -0.550 e. The van der Waals surface area contributed by atoms with Crippen LogP contribution in [0.1, 0.15) is 25.8 Å². The van der Waals surface area contributed by atoms with E-state index in [0.29, 0.717) is 5.75 Å². The number of aliphatic carboxylic acids is 1. The number of carbonyl (C=O) groups excluding carboxylic acids is 4. The molecule has 0 bridgehead atoms. The third kappa shape index (κ3) is 7.85. The van der Waals surface area contributed by atoms with Crippen LogP contribution in [0.25, 0.3) is 0 Å². The Morgan fingerprint density at radius 3 is 2.11 bits per heavy atom. The van der Waals surface area contributed by atoms with E-state index in [1.807, 2.05) is 0 Å². The quantitative estimate of drug-likeness (QED) is 0.325. The summed E-state index contributed by atoms with van der Waals surface area (Å²) < 4.78 is 9.66. The normalized spacial score (nSPS) is 13.3. The smallest absolute Gasteiger partial charge is 0.330 e. The van der Waals surface area contributed by atoms with Gasteiger partial charge in [0.25, 0.3) is 0 Å². The Morgan fingerprint density at radius 1 is 1.07 bits per heavy atom. The van der Waals surface area contributed by atoms with Gasteiger partial charge in [-0.2, -0.15) is 0 Å². The number of likely N-dealkylation sites (N-methyl/N-ethyl adjacent to an activating group) is 1. The van der Waals surface area contributed by atoms with E-state index in [9.17, 15) is 24.3 Å². The first kappa shape index (κ1) is 23.3. The van der Waals surface area contributed by atoms with E-state index in [4.69, 9.17) is 15.2 Å². The average Bonchev–Trinajstić information content (AvgIpc) is 2.53. The maximum Gasteiger partial charge on any atom is 0.330 e. The van der Waals surface area contributed by atoms with E-state index < -0.39 is 36.5 Å². The van der Waals surface area contributed by atoms with Gasteiger partial charge in [0.1, 0.15) is 18.3 Å². The van der Waals surface area contributed by atoms with E-state index >= 15 is 0 Å². The molecule has 9 nitrogen and oxygen atoms in total. The number of hydrogen-bond donors (Lipinski definition) is 1. The lowest BCUT2D eigenvalue weighted by molar-refractivity contribution is -0.818. The second-order valence-corrected chi connectivity index (χ2v) is 7.06. The molecule has 0 saturated heterocycles. The summed E-state index contributed by atoms with van der Waals surface area (Å²) in [6.07, 6.45) is -1.28. The van der Waals surface area contributed by atoms with Crippen LogP contribution in [0.3, 0.4) is 0 Å². The van der Waals surface area contributed by atoms with E-state index in [0.717, 1.165) is 12.5 Å². The fourth-order valence-corrected chi connectivity index (χ4v) is 2.81. The van der Waals surface area contributed by atoms with Gasteiger partial charge < -0.3 is 25.1 Å². The Kier molecular flexibility index (Phi) is 8.27. The number of hydrogen-bond acceptors (Lipinski definition) is 8. The van der Waals surface area contributed by atoms with Gasteiger partial charge in [0.2, 0.25) is 0 Å². The molecule has 2 atom stereocenters. The maximum absolute atomic E-state index is 12.8. The number of carboxylic acids is 1. The zero-order valence-electron chi connectivity index (χ0n) is 16.5. The van der Waals surface area contributed by atoms with Crippen LogP contribution in [-0.2, 0) is 30.3 Å². The first-order valence-electron chi connectivity index (χ1n) is 8.68. The van der Waals surface area contributed by atoms with Crippen molar-refractivity contribution in [2.24, 2.45) is 5.73 Å². The summed E-state index contributed by atoms with van der Waals surface area (Å²) in [5.41, 5.74) is 6.81. The lowest BCUT2D eigenvalue weighted by atomic mass is 10.0. The molecule has 0 spiro atoms. The van der Waals surface area contributed by atoms with E-state index in [1.165, 1.54) is 6.92 Å². The molecule has 0 heterocycles. The highest BCUT2D eigenvalue weighted by molar-refractivity contribution is 5.75. The van der Waals surface area contributed by atoms with Gasteiger partial charge >= 0.3 is 17.8 Å². The van der Waals surface area contributed by atoms with Gasteiger partial charge in [0, 0.05) is 32.7 Å². The molecule has 9 heteroatoms. The number of esters is 2. The van der Waals surface area contributed by atoms with Gasteiger partial charge in [-0.15, -0.1) is 0 Å². The summed E-state index contributed by atoms with van der Waals surface area (Å²) >= 11 is 0. The maximum atomic E-state index is 12.8. The minimum atomic E-state index is -1.38. The predicted molar refractivity (Wildman–Crippen MR) is 96.6 cm³/mol. The average molecular weight is 394 g/mol. The molecule has 0 aliphatic heterocycles. The van der Waals surface area contributed by atoms with Crippen molar-refractivity contribution in [3.8, 4) is 5.75 Å². The first-order valence-corrected chi connectivity index (χ1v) is 8.68. The zero-order valence-corrected chi connectivity index (χ0v) is 16.5. The molecule has 0 aromatic heterocycles. The topological polar surface area (TPSA) is 136 Å². The Balaban J connectivity index is 2.78. The van der Waals surface area contributed by atoms with Gasteiger partial charge in [-0.1, -0.05) is 12.1 Å². The predicted octanol–water partition coefficient (Wildman–Crippen LogP) is -0.844. The summed E-state index contributed by atoms with van der Waals surface area (Å²) in [5, 5.41) is 10.9. The second kappa shape index (κ2) is 9.95. The fourth-order valence-electron chi connectivity index (χ4n) is 2.81.